The van der Waals surface area contributed by atoms with Gasteiger partial charge in [-0.1, -0.05) is 37.1 Å². The molecular weight excluding hydrogens is 424 g/mol. The largest absolute Gasteiger partial charge is 0.509 e. The fraction of sp³-hybridized carbons (Fsp3) is 0.783. The van der Waals surface area contributed by atoms with Gasteiger partial charge >= 0.3 is 12.1 Å². The van der Waals surface area contributed by atoms with E-state index in [0.29, 0.717) is 32.1 Å². The molecule has 0 radical (unpaired) electrons. The number of ketones is 1. The number of ether oxygens (including phenoxy) is 3. The van der Waals surface area contributed by atoms with Crippen LogP contribution in [-0.4, -0.2) is 47.9 Å². The average Bonchev–Trinajstić information content (AvgIpc) is 3.01. The number of hydrogen-bond donors (Lipinski definition) is 1. The Kier molecular flexibility index (Phi) is 5.66. The molecule has 0 amide bonds. The molecule has 31 heavy (non-hydrogen) atoms. The topological polar surface area (TPSA) is 99.1 Å². The zero-order valence-corrected chi connectivity index (χ0v) is 19.1. The van der Waals surface area contributed by atoms with E-state index in [1.165, 1.54) is 7.11 Å². The highest BCUT2D eigenvalue weighted by Crippen LogP contribution is 2.68. The summed E-state index contributed by atoms with van der Waals surface area (Å²) in [5.74, 6) is -0.280. The van der Waals surface area contributed by atoms with Crippen LogP contribution in [0.4, 0.5) is 4.79 Å². The molecule has 0 aromatic heterocycles. The minimum absolute atomic E-state index is 0.00310. The standard InChI is InChI=1S/C23H31ClO7/c1-21-8-6-14(25)10-13(21)4-5-15-16-7-9-23(19(27)30-12-24,31-20(28)29-3)22(16,2)11-17(26)18(15)21/h4,15-18,26H,5-12H2,1-3H3/t15?,16?,17?,18?,21?,22?,23-/m0/s1. The summed E-state index contributed by atoms with van der Waals surface area (Å²) in [5.41, 5.74) is -1.47. The van der Waals surface area contributed by atoms with Gasteiger partial charge in [0.25, 0.3) is 0 Å². The third kappa shape index (κ3) is 3.14. The van der Waals surface area contributed by atoms with E-state index in [-0.39, 0.29) is 35.0 Å². The molecular formula is C23H31ClO7. The summed E-state index contributed by atoms with van der Waals surface area (Å²) in [6.07, 6.45) is 4.24. The Morgan fingerprint density at radius 2 is 2.03 bits per heavy atom. The highest BCUT2D eigenvalue weighted by Gasteiger charge is 2.71. The Morgan fingerprint density at radius 3 is 2.71 bits per heavy atom. The van der Waals surface area contributed by atoms with Crippen molar-refractivity contribution in [3.05, 3.63) is 11.6 Å². The lowest BCUT2D eigenvalue weighted by atomic mass is 9.46. The molecule has 4 rings (SSSR count). The fourth-order valence-corrected chi connectivity index (χ4v) is 7.59. The van der Waals surface area contributed by atoms with E-state index in [1.807, 2.05) is 6.92 Å². The number of Topliss-reactive ketones (excluding diaryl/α,β-unsaturated/α-hetero) is 1. The minimum Gasteiger partial charge on any atom is -0.446 e. The number of methoxy groups -OCH3 is 1. The van der Waals surface area contributed by atoms with Crippen LogP contribution >= 0.6 is 11.6 Å². The Balaban J connectivity index is 1.74. The molecule has 0 bridgehead atoms. The number of hydrogen-bond acceptors (Lipinski definition) is 7. The molecule has 7 nitrogen and oxygen atoms in total. The molecule has 0 heterocycles. The minimum atomic E-state index is -1.56. The fourth-order valence-electron chi connectivity index (χ4n) is 7.49. The van der Waals surface area contributed by atoms with Gasteiger partial charge in [-0.2, -0.15) is 0 Å². The van der Waals surface area contributed by atoms with Gasteiger partial charge in [0.05, 0.1) is 13.2 Å². The van der Waals surface area contributed by atoms with E-state index in [1.54, 1.807) is 0 Å². The summed E-state index contributed by atoms with van der Waals surface area (Å²) >= 11 is 5.67. The Labute approximate surface area is 187 Å². The summed E-state index contributed by atoms with van der Waals surface area (Å²) in [6.45, 7) is 4.08. The normalized spacial score (nSPS) is 43.8. The molecule has 0 saturated heterocycles. The van der Waals surface area contributed by atoms with Crippen molar-refractivity contribution in [3.63, 3.8) is 0 Å². The zero-order valence-electron chi connectivity index (χ0n) is 18.3. The summed E-state index contributed by atoms with van der Waals surface area (Å²) in [4.78, 5) is 37.3. The van der Waals surface area contributed by atoms with Crippen LogP contribution in [0.5, 0.6) is 0 Å². The van der Waals surface area contributed by atoms with E-state index >= 15 is 0 Å². The number of fused-ring (bicyclic) bond motifs is 5. The summed E-state index contributed by atoms with van der Waals surface area (Å²) < 4.78 is 15.5. The third-order valence-corrected chi connectivity index (χ3v) is 9.04. The quantitative estimate of drug-likeness (QED) is 0.394. The van der Waals surface area contributed by atoms with Gasteiger partial charge in [0, 0.05) is 18.3 Å². The Morgan fingerprint density at radius 1 is 1.29 bits per heavy atom. The molecule has 0 aromatic carbocycles. The van der Waals surface area contributed by atoms with E-state index in [0.717, 1.165) is 18.4 Å². The Bertz CT molecular complexity index is 825. The molecule has 1 N–H and O–H groups in total. The second-order valence-corrected chi connectivity index (χ2v) is 10.3. The molecule has 4 aliphatic rings. The number of esters is 1. The lowest BCUT2D eigenvalue weighted by molar-refractivity contribution is -0.200. The predicted molar refractivity (Wildman–Crippen MR) is 111 cm³/mol. The molecule has 6 unspecified atom stereocenters. The van der Waals surface area contributed by atoms with Crippen LogP contribution in [0.2, 0.25) is 0 Å². The van der Waals surface area contributed by atoms with Crippen LogP contribution in [-0.2, 0) is 23.8 Å². The van der Waals surface area contributed by atoms with Gasteiger partial charge in [-0.15, -0.1) is 0 Å². The highest BCUT2D eigenvalue weighted by molar-refractivity contribution is 6.17. The lowest BCUT2D eigenvalue weighted by Gasteiger charge is -2.59. The second kappa shape index (κ2) is 7.77. The number of aliphatic hydroxyl groups is 1. The first-order chi connectivity index (χ1) is 14.6. The van der Waals surface area contributed by atoms with Crippen LogP contribution in [0.15, 0.2) is 11.6 Å². The average molecular weight is 455 g/mol. The van der Waals surface area contributed by atoms with Crippen molar-refractivity contribution in [2.24, 2.45) is 28.6 Å². The predicted octanol–water partition coefficient (Wildman–Crippen LogP) is 3.75. The number of alkyl halides is 1. The smallest absolute Gasteiger partial charge is 0.446 e. The second-order valence-electron chi connectivity index (χ2n) is 10.0. The Hall–Kier alpha value is -1.60. The number of aliphatic hydroxyl groups excluding tert-OH is 1. The number of carbonyl (C=O) groups excluding carboxylic acids is 3. The van der Waals surface area contributed by atoms with Crippen LogP contribution in [0.1, 0.15) is 58.8 Å². The number of allylic oxidation sites excluding steroid dienone is 2. The summed E-state index contributed by atoms with van der Waals surface area (Å²) in [5, 5.41) is 11.5. The van der Waals surface area contributed by atoms with Crippen molar-refractivity contribution in [3.8, 4) is 0 Å². The first-order valence-corrected chi connectivity index (χ1v) is 11.6. The molecule has 3 fully saturated rings. The molecule has 7 atom stereocenters. The molecule has 0 aromatic rings. The molecule has 172 valence electrons. The molecule has 4 aliphatic carbocycles. The number of halogens is 1. The number of carbonyl (C=O) groups is 3. The van der Waals surface area contributed by atoms with Crippen molar-refractivity contribution in [1.29, 1.82) is 0 Å². The van der Waals surface area contributed by atoms with Gasteiger partial charge in [0.15, 0.2) is 6.07 Å². The maximum Gasteiger partial charge on any atom is 0.509 e. The highest BCUT2D eigenvalue weighted by atomic mass is 35.5. The first kappa shape index (κ1) is 22.6. The van der Waals surface area contributed by atoms with Crippen molar-refractivity contribution in [2.75, 3.05) is 13.2 Å². The first-order valence-electron chi connectivity index (χ1n) is 11.0. The van der Waals surface area contributed by atoms with Gasteiger partial charge in [-0.05, 0) is 55.3 Å². The van der Waals surface area contributed by atoms with Gasteiger partial charge in [-0.3, -0.25) is 4.79 Å². The van der Waals surface area contributed by atoms with Crippen LogP contribution < -0.4 is 0 Å². The molecule has 0 spiro atoms. The molecule has 8 heteroatoms. The molecule has 0 aliphatic heterocycles. The monoisotopic (exact) mass is 454 g/mol. The third-order valence-electron chi connectivity index (χ3n) is 8.93. The van der Waals surface area contributed by atoms with E-state index in [2.05, 4.69) is 13.0 Å². The van der Waals surface area contributed by atoms with Gasteiger partial charge in [-0.25, -0.2) is 9.59 Å². The zero-order chi connectivity index (χ0) is 22.6. The van der Waals surface area contributed by atoms with Crippen LogP contribution in [0.25, 0.3) is 0 Å². The van der Waals surface area contributed by atoms with E-state index in [9.17, 15) is 19.5 Å². The van der Waals surface area contributed by atoms with Gasteiger partial charge < -0.3 is 19.3 Å². The van der Waals surface area contributed by atoms with Crippen molar-refractivity contribution in [1.82, 2.24) is 0 Å². The van der Waals surface area contributed by atoms with Crippen LogP contribution in [0, 0.1) is 28.6 Å². The maximum absolute atomic E-state index is 13.1. The van der Waals surface area contributed by atoms with Crippen molar-refractivity contribution >= 4 is 29.5 Å². The van der Waals surface area contributed by atoms with Gasteiger partial charge in [0.2, 0.25) is 5.60 Å². The van der Waals surface area contributed by atoms with E-state index < -0.39 is 29.2 Å². The summed E-state index contributed by atoms with van der Waals surface area (Å²) in [6, 6.07) is -0.349. The lowest BCUT2D eigenvalue weighted by Crippen LogP contribution is -2.62. The number of rotatable bonds is 3. The van der Waals surface area contributed by atoms with Crippen LogP contribution in [0.3, 0.4) is 0 Å². The van der Waals surface area contributed by atoms with Crippen molar-refractivity contribution in [2.45, 2.75) is 70.5 Å². The van der Waals surface area contributed by atoms with Gasteiger partial charge in [0.1, 0.15) is 5.78 Å². The molecule has 3 saturated carbocycles. The maximum atomic E-state index is 13.1. The SMILES string of the molecule is COC(=O)O[C@]1(C(=O)OCCl)CCC2C3CC=C4CC(=O)CCC4(C)C3C(O)CC21C. The summed E-state index contributed by atoms with van der Waals surface area (Å²) in [7, 11) is 1.20. The van der Waals surface area contributed by atoms with E-state index in [4.69, 9.17) is 25.8 Å². The van der Waals surface area contributed by atoms with Crippen molar-refractivity contribution < 1.29 is 33.7 Å².